The van der Waals surface area contributed by atoms with Crippen molar-refractivity contribution in [3.8, 4) is 17.1 Å². The number of hydrogen-bond donors (Lipinski definition) is 1. The number of benzene rings is 2. The fraction of sp³-hybridized carbons (Fsp3) is 0.375. The van der Waals surface area contributed by atoms with E-state index >= 15 is 0 Å². The van der Waals surface area contributed by atoms with Gasteiger partial charge in [0, 0.05) is 48.7 Å². The van der Waals surface area contributed by atoms with Crippen molar-refractivity contribution in [3.05, 3.63) is 48.5 Å². The van der Waals surface area contributed by atoms with Crippen molar-refractivity contribution < 1.29 is 9.53 Å². The average Bonchev–Trinajstić information content (AvgIpc) is 3.23. The summed E-state index contributed by atoms with van der Waals surface area (Å²) < 4.78 is 7.23. The summed E-state index contributed by atoms with van der Waals surface area (Å²) in [5.74, 6) is 2.21. The van der Waals surface area contributed by atoms with Crippen molar-refractivity contribution >= 4 is 29.0 Å². The molecular formula is C24H31N5O2S. The maximum absolute atomic E-state index is 12.3. The van der Waals surface area contributed by atoms with Crippen LogP contribution in [0.15, 0.2) is 53.7 Å². The van der Waals surface area contributed by atoms with E-state index in [1.165, 1.54) is 5.69 Å². The monoisotopic (exact) mass is 453 g/mol. The number of anilines is 2. The summed E-state index contributed by atoms with van der Waals surface area (Å²) in [6, 6.07) is 15.8. The van der Waals surface area contributed by atoms with Crippen molar-refractivity contribution in [3.63, 3.8) is 0 Å². The molecule has 0 aliphatic rings. The first-order valence-electron chi connectivity index (χ1n) is 10.9. The molecule has 3 rings (SSSR count). The van der Waals surface area contributed by atoms with Gasteiger partial charge in [-0.1, -0.05) is 11.8 Å². The van der Waals surface area contributed by atoms with E-state index in [4.69, 9.17) is 4.74 Å². The van der Waals surface area contributed by atoms with Crippen LogP contribution in [0.3, 0.4) is 0 Å². The van der Waals surface area contributed by atoms with Crippen LogP contribution in [0.4, 0.5) is 11.4 Å². The average molecular weight is 454 g/mol. The molecule has 3 aromatic rings. The molecule has 1 amide bonds. The van der Waals surface area contributed by atoms with Crippen LogP contribution in [-0.2, 0) is 11.3 Å². The van der Waals surface area contributed by atoms with Gasteiger partial charge in [0.1, 0.15) is 5.75 Å². The van der Waals surface area contributed by atoms with Crippen LogP contribution in [0.2, 0.25) is 0 Å². The number of aromatic nitrogens is 3. The van der Waals surface area contributed by atoms with Gasteiger partial charge in [0.05, 0.1) is 7.11 Å². The van der Waals surface area contributed by atoms with Gasteiger partial charge in [-0.3, -0.25) is 4.79 Å². The van der Waals surface area contributed by atoms with Gasteiger partial charge >= 0.3 is 0 Å². The molecule has 1 aromatic heterocycles. The van der Waals surface area contributed by atoms with E-state index in [1.807, 2.05) is 24.3 Å². The second-order valence-electron chi connectivity index (χ2n) is 7.14. The van der Waals surface area contributed by atoms with E-state index in [-0.39, 0.29) is 5.91 Å². The number of hydrogen-bond acceptors (Lipinski definition) is 6. The van der Waals surface area contributed by atoms with E-state index < -0.39 is 0 Å². The molecule has 1 heterocycles. The molecule has 0 saturated heterocycles. The first kappa shape index (κ1) is 23.7. The van der Waals surface area contributed by atoms with E-state index in [0.717, 1.165) is 47.6 Å². The van der Waals surface area contributed by atoms with Crippen LogP contribution in [0, 0.1) is 0 Å². The van der Waals surface area contributed by atoms with Crippen LogP contribution < -0.4 is 15.0 Å². The van der Waals surface area contributed by atoms with Crippen molar-refractivity contribution in [2.45, 2.75) is 38.9 Å². The summed E-state index contributed by atoms with van der Waals surface area (Å²) >= 11 is 1.55. The number of carbonyl (C=O) groups excluding carboxylic acids is 1. The minimum atomic E-state index is -0.0301. The zero-order valence-corrected chi connectivity index (χ0v) is 20.0. The molecule has 0 spiro atoms. The van der Waals surface area contributed by atoms with Gasteiger partial charge in [-0.25, -0.2) is 0 Å². The Bertz CT molecular complexity index is 998. The molecule has 32 heavy (non-hydrogen) atoms. The van der Waals surface area contributed by atoms with Crippen molar-refractivity contribution in [2.75, 3.05) is 36.2 Å². The van der Waals surface area contributed by atoms with Gasteiger partial charge in [-0.05, 0) is 69.3 Å². The van der Waals surface area contributed by atoms with Crippen molar-refractivity contribution in [1.29, 1.82) is 0 Å². The smallest absolute Gasteiger partial charge is 0.225 e. The molecule has 170 valence electrons. The summed E-state index contributed by atoms with van der Waals surface area (Å²) in [5.41, 5.74) is 3.01. The molecule has 0 fully saturated rings. The van der Waals surface area contributed by atoms with Gasteiger partial charge in [0.25, 0.3) is 0 Å². The van der Waals surface area contributed by atoms with E-state index in [9.17, 15) is 4.79 Å². The molecule has 0 aliphatic heterocycles. The van der Waals surface area contributed by atoms with Crippen LogP contribution in [0.1, 0.15) is 27.2 Å². The van der Waals surface area contributed by atoms with Gasteiger partial charge in [0.15, 0.2) is 11.0 Å². The maximum Gasteiger partial charge on any atom is 0.225 e. The zero-order valence-electron chi connectivity index (χ0n) is 19.2. The number of nitrogens with one attached hydrogen (secondary N) is 1. The number of carbonyl (C=O) groups is 1. The molecule has 0 unspecified atom stereocenters. The number of rotatable bonds is 11. The van der Waals surface area contributed by atoms with Gasteiger partial charge in [-0.2, -0.15) is 0 Å². The highest BCUT2D eigenvalue weighted by molar-refractivity contribution is 7.99. The topological polar surface area (TPSA) is 72.3 Å². The minimum Gasteiger partial charge on any atom is -0.497 e. The van der Waals surface area contributed by atoms with E-state index in [1.54, 1.807) is 18.9 Å². The van der Waals surface area contributed by atoms with Crippen LogP contribution in [0.5, 0.6) is 5.75 Å². The molecule has 7 nitrogen and oxygen atoms in total. The first-order valence-corrected chi connectivity index (χ1v) is 11.9. The lowest BCUT2D eigenvalue weighted by atomic mass is 10.2. The number of thioether (sulfide) groups is 1. The number of nitrogens with zero attached hydrogens (tertiary/aromatic N) is 4. The van der Waals surface area contributed by atoms with Crippen molar-refractivity contribution in [1.82, 2.24) is 14.8 Å². The molecule has 8 heteroatoms. The Morgan fingerprint density at radius 3 is 2.31 bits per heavy atom. The Hall–Kier alpha value is -3.00. The maximum atomic E-state index is 12.3. The SMILES string of the molecule is CCN(CC)c1ccc(-c2nnc(SCCC(=O)Nc3ccc(OC)cc3)n2CC)cc1. The van der Waals surface area contributed by atoms with Crippen molar-refractivity contribution in [2.24, 2.45) is 0 Å². The Morgan fingerprint density at radius 2 is 1.72 bits per heavy atom. The zero-order chi connectivity index (χ0) is 22.9. The Labute approximate surface area is 194 Å². The third-order valence-electron chi connectivity index (χ3n) is 5.22. The predicted molar refractivity (Wildman–Crippen MR) is 132 cm³/mol. The van der Waals surface area contributed by atoms with E-state index in [2.05, 4.69) is 70.0 Å². The van der Waals surface area contributed by atoms with Crippen LogP contribution in [0.25, 0.3) is 11.4 Å². The molecule has 2 aromatic carbocycles. The molecule has 1 N–H and O–H groups in total. The predicted octanol–water partition coefficient (Wildman–Crippen LogP) is 4.94. The summed E-state index contributed by atoms with van der Waals surface area (Å²) in [5, 5.41) is 12.5. The first-order chi connectivity index (χ1) is 15.6. The Balaban J connectivity index is 1.59. The molecule has 0 bridgehead atoms. The molecule has 0 saturated carbocycles. The number of methoxy groups -OCH3 is 1. The lowest BCUT2D eigenvalue weighted by Gasteiger charge is -2.21. The minimum absolute atomic E-state index is 0.0301. The normalized spacial score (nSPS) is 10.8. The van der Waals surface area contributed by atoms with Gasteiger partial charge in [-0.15, -0.1) is 10.2 Å². The fourth-order valence-electron chi connectivity index (χ4n) is 3.44. The second-order valence-corrected chi connectivity index (χ2v) is 8.21. The third-order valence-corrected chi connectivity index (χ3v) is 6.19. The molecule has 0 atom stereocenters. The Kier molecular flexibility index (Phi) is 8.56. The largest absolute Gasteiger partial charge is 0.497 e. The highest BCUT2D eigenvalue weighted by Crippen LogP contribution is 2.26. The standard InChI is InChI=1S/C24H31N5O2S/c1-5-28(6-2)20-12-8-18(9-13-20)23-26-27-24(29(23)7-3)32-17-16-22(30)25-19-10-14-21(31-4)15-11-19/h8-15H,5-7,16-17H2,1-4H3,(H,25,30). The molecular weight excluding hydrogens is 422 g/mol. The molecule has 0 aliphatic carbocycles. The number of amides is 1. The summed E-state index contributed by atoms with van der Waals surface area (Å²) in [7, 11) is 1.62. The molecule has 0 radical (unpaired) electrons. The fourth-order valence-corrected chi connectivity index (χ4v) is 4.38. The second kappa shape index (κ2) is 11.6. The Morgan fingerprint density at radius 1 is 1.03 bits per heavy atom. The highest BCUT2D eigenvalue weighted by atomic mass is 32.2. The lowest BCUT2D eigenvalue weighted by molar-refractivity contribution is -0.115. The summed E-state index contributed by atoms with van der Waals surface area (Å²) in [4.78, 5) is 14.6. The number of ether oxygens (including phenoxy) is 1. The quantitative estimate of drug-likeness (QED) is 0.415. The van der Waals surface area contributed by atoms with Gasteiger partial charge in [0.2, 0.25) is 5.91 Å². The third kappa shape index (κ3) is 5.82. The van der Waals surface area contributed by atoms with E-state index in [0.29, 0.717) is 12.2 Å². The lowest BCUT2D eigenvalue weighted by Crippen LogP contribution is -2.21. The van der Waals surface area contributed by atoms with Gasteiger partial charge < -0.3 is 19.5 Å². The van der Waals surface area contributed by atoms with Crippen LogP contribution >= 0.6 is 11.8 Å². The summed E-state index contributed by atoms with van der Waals surface area (Å²) in [6.45, 7) is 9.12. The highest BCUT2D eigenvalue weighted by Gasteiger charge is 2.14. The summed E-state index contributed by atoms with van der Waals surface area (Å²) in [6.07, 6.45) is 0.390. The van der Waals surface area contributed by atoms with Crippen LogP contribution in [-0.4, -0.2) is 46.6 Å².